The van der Waals surface area contributed by atoms with Crippen LogP contribution in [-0.2, 0) is 4.79 Å². The van der Waals surface area contributed by atoms with Gasteiger partial charge < -0.3 is 15.4 Å². The second-order valence-corrected chi connectivity index (χ2v) is 3.52. The molecule has 1 heterocycles. The van der Waals surface area contributed by atoms with Crippen molar-refractivity contribution in [3.8, 4) is 5.88 Å². The van der Waals surface area contributed by atoms with Crippen LogP contribution in [0.5, 0.6) is 5.88 Å². The lowest BCUT2D eigenvalue weighted by Gasteiger charge is -2.14. The van der Waals surface area contributed by atoms with Gasteiger partial charge in [0.25, 0.3) is 0 Å². The number of nitrogens with zero attached hydrogens (tertiary/aromatic N) is 1. The minimum Gasteiger partial charge on any atom is -0.481 e. The summed E-state index contributed by atoms with van der Waals surface area (Å²) in [6, 6.07) is 2.31. The molecule has 0 radical (unpaired) electrons. The van der Waals surface area contributed by atoms with Gasteiger partial charge in [0.1, 0.15) is 6.04 Å². The number of carbonyl (C=O) groups is 2. The molecule has 0 saturated carbocycles. The molecule has 1 atom stereocenters. The lowest BCUT2D eigenvalue weighted by Crippen LogP contribution is -2.44. The molecule has 0 spiro atoms. The lowest BCUT2D eigenvalue weighted by molar-refractivity contribution is -0.120. The molecule has 0 aliphatic rings. The molecule has 0 aromatic carbocycles. The van der Waals surface area contributed by atoms with E-state index < -0.39 is 18.0 Å². The fourth-order valence-corrected chi connectivity index (χ4v) is 1.18. The fraction of sp³-hybridized carbons (Fsp3) is 0.364. The molecule has 7 heteroatoms. The minimum absolute atomic E-state index is 0.426. The average molecular weight is 252 g/mol. The fourth-order valence-electron chi connectivity index (χ4n) is 1.18. The van der Waals surface area contributed by atoms with Gasteiger partial charge >= 0.3 is 6.03 Å². The predicted octanol–water partition coefficient (Wildman–Crippen LogP) is 0.346. The van der Waals surface area contributed by atoms with E-state index in [0.29, 0.717) is 11.6 Å². The highest BCUT2D eigenvalue weighted by Gasteiger charge is 2.14. The maximum atomic E-state index is 11.6. The van der Waals surface area contributed by atoms with Gasteiger partial charge in [0.05, 0.1) is 19.0 Å². The molecule has 98 valence electrons. The molecule has 18 heavy (non-hydrogen) atoms. The first-order chi connectivity index (χ1) is 8.56. The summed E-state index contributed by atoms with van der Waals surface area (Å²) in [6.07, 6.45) is 1.54. The van der Waals surface area contributed by atoms with Crippen LogP contribution in [0.3, 0.4) is 0 Å². The van der Waals surface area contributed by atoms with E-state index in [1.165, 1.54) is 14.2 Å². The zero-order chi connectivity index (χ0) is 13.5. The normalized spacial score (nSPS) is 11.3. The summed E-state index contributed by atoms with van der Waals surface area (Å²) < 4.78 is 4.92. The van der Waals surface area contributed by atoms with E-state index >= 15 is 0 Å². The Labute approximate surface area is 105 Å². The van der Waals surface area contributed by atoms with Crippen LogP contribution in [0, 0.1) is 0 Å². The highest BCUT2D eigenvalue weighted by Crippen LogP contribution is 2.11. The van der Waals surface area contributed by atoms with Gasteiger partial charge in [-0.3, -0.25) is 10.1 Å². The Morgan fingerprint density at radius 1 is 1.39 bits per heavy atom. The molecule has 0 bridgehead atoms. The van der Waals surface area contributed by atoms with Crippen LogP contribution in [0.1, 0.15) is 6.92 Å². The minimum atomic E-state index is -0.558. The van der Waals surface area contributed by atoms with Gasteiger partial charge in [-0.15, -0.1) is 0 Å². The lowest BCUT2D eigenvalue weighted by atomic mass is 10.3. The van der Waals surface area contributed by atoms with Gasteiger partial charge in [-0.05, 0) is 13.0 Å². The smallest absolute Gasteiger partial charge is 0.321 e. The number of urea groups is 1. The Kier molecular flexibility index (Phi) is 4.91. The van der Waals surface area contributed by atoms with Crippen molar-refractivity contribution in [2.24, 2.45) is 0 Å². The standard InChI is InChI=1S/C11H16N4O3/c1-7(10(16)15-11(17)12-2)14-8-4-5-9(18-3)13-6-8/h4-7,14H,1-3H3,(H2,12,15,16,17). The van der Waals surface area contributed by atoms with E-state index in [9.17, 15) is 9.59 Å². The summed E-state index contributed by atoms with van der Waals surface area (Å²) in [7, 11) is 2.96. The number of carbonyl (C=O) groups excluding carboxylic acids is 2. The molecule has 1 unspecified atom stereocenters. The first kappa shape index (κ1) is 13.8. The van der Waals surface area contributed by atoms with Crippen molar-refractivity contribution in [2.45, 2.75) is 13.0 Å². The highest BCUT2D eigenvalue weighted by atomic mass is 16.5. The van der Waals surface area contributed by atoms with Crippen molar-refractivity contribution in [2.75, 3.05) is 19.5 Å². The van der Waals surface area contributed by atoms with Crippen LogP contribution >= 0.6 is 0 Å². The summed E-state index contributed by atoms with van der Waals surface area (Å²) in [4.78, 5) is 26.5. The van der Waals surface area contributed by atoms with Crippen molar-refractivity contribution in [3.05, 3.63) is 18.3 Å². The number of aromatic nitrogens is 1. The van der Waals surface area contributed by atoms with Gasteiger partial charge in [-0.25, -0.2) is 9.78 Å². The summed E-state index contributed by atoms with van der Waals surface area (Å²) >= 11 is 0. The number of hydrogen-bond donors (Lipinski definition) is 3. The molecule has 1 aromatic heterocycles. The maximum absolute atomic E-state index is 11.6. The van der Waals surface area contributed by atoms with Crippen molar-refractivity contribution < 1.29 is 14.3 Å². The van der Waals surface area contributed by atoms with Crippen LogP contribution in [0.25, 0.3) is 0 Å². The Hall–Kier alpha value is -2.31. The van der Waals surface area contributed by atoms with Gasteiger partial charge in [0.15, 0.2) is 0 Å². The Morgan fingerprint density at radius 2 is 2.11 bits per heavy atom. The SMILES string of the molecule is CNC(=O)NC(=O)C(C)Nc1ccc(OC)nc1. The summed E-state index contributed by atoms with van der Waals surface area (Å²) in [5.41, 5.74) is 0.662. The van der Waals surface area contributed by atoms with Crippen molar-refractivity contribution >= 4 is 17.6 Å². The third-order valence-corrected chi connectivity index (χ3v) is 2.19. The topological polar surface area (TPSA) is 92.4 Å². The second-order valence-electron chi connectivity index (χ2n) is 3.52. The molecule has 0 aliphatic heterocycles. The number of rotatable bonds is 4. The molecule has 1 aromatic rings. The first-order valence-electron chi connectivity index (χ1n) is 5.36. The number of anilines is 1. The van der Waals surface area contributed by atoms with Crippen LogP contribution < -0.4 is 20.7 Å². The van der Waals surface area contributed by atoms with Crippen LogP contribution in [0.2, 0.25) is 0 Å². The molecule has 1 rings (SSSR count). The van der Waals surface area contributed by atoms with Crippen molar-refractivity contribution in [3.63, 3.8) is 0 Å². The maximum Gasteiger partial charge on any atom is 0.321 e. The summed E-state index contributed by atoms with van der Waals surface area (Å²) in [6.45, 7) is 1.64. The number of amides is 3. The third kappa shape index (κ3) is 3.93. The predicted molar refractivity (Wildman–Crippen MR) is 66.5 cm³/mol. The van der Waals surface area contributed by atoms with E-state index in [2.05, 4.69) is 20.9 Å². The molecule has 0 aliphatic carbocycles. The van der Waals surface area contributed by atoms with Crippen molar-refractivity contribution in [1.82, 2.24) is 15.6 Å². The summed E-state index contributed by atoms with van der Waals surface area (Å²) in [5, 5.41) is 7.39. The third-order valence-electron chi connectivity index (χ3n) is 2.19. The van der Waals surface area contributed by atoms with E-state index in [4.69, 9.17) is 4.74 Å². The first-order valence-corrected chi connectivity index (χ1v) is 5.36. The van der Waals surface area contributed by atoms with Crippen LogP contribution in [0.15, 0.2) is 18.3 Å². The number of nitrogens with one attached hydrogen (secondary N) is 3. The molecular weight excluding hydrogens is 236 g/mol. The Balaban J connectivity index is 2.55. The zero-order valence-electron chi connectivity index (χ0n) is 10.5. The van der Waals surface area contributed by atoms with E-state index in [1.807, 2.05) is 0 Å². The van der Waals surface area contributed by atoms with E-state index in [1.54, 1.807) is 25.3 Å². The Morgan fingerprint density at radius 3 is 2.61 bits per heavy atom. The number of pyridine rings is 1. The van der Waals surface area contributed by atoms with E-state index in [-0.39, 0.29) is 0 Å². The number of hydrogen-bond acceptors (Lipinski definition) is 5. The number of methoxy groups -OCH3 is 1. The molecule has 3 amide bonds. The molecule has 7 nitrogen and oxygen atoms in total. The second kappa shape index (κ2) is 6.43. The largest absolute Gasteiger partial charge is 0.481 e. The summed E-state index contributed by atoms with van der Waals surface area (Å²) in [5.74, 6) is 0.0631. The Bertz CT molecular complexity index is 419. The number of ether oxygens (including phenoxy) is 1. The number of imide groups is 1. The van der Waals surface area contributed by atoms with Gasteiger partial charge in [0, 0.05) is 13.1 Å². The molecule has 0 saturated heterocycles. The van der Waals surface area contributed by atoms with Gasteiger partial charge in [0.2, 0.25) is 11.8 Å². The van der Waals surface area contributed by atoms with Crippen LogP contribution in [0.4, 0.5) is 10.5 Å². The van der Waals surface area contributed by atoms with E-state index in [0.717, 1.165) is 0 Å². The molecule has 0 fully saturated rings. The molecular formula is C11H16N4O3. The average Bonchev–Trinajstić information content (AvgIpc) is 2.39. The quantitative estimate of drug-likeness (QED) is 0.719. The monoisotopic (exact) mass is 252 g/mol. The molecule has 3 N–H and O–H groups in total. The zero-order valence-corrected chi connectivity index (χ0v) is 10.5. The highest BCUT2D eigenvalue weighted by molar-refractivity contribution is 5.97. The van der Waals surface area contributed by atoms with Crippen LogP contribution in [-0.4, -0.2) is 37.1 Å². The van der Waals surface area contributed by atoms with Crippen molar-refractivity contribution in [1.29, 1.82) is 0 Å². The van der Waals surface area contributed by atoms with Gasteiger partial charge in [-0.2, -0.15) is 0 Å². The van der Waals surface area contributed by atoms with Gasteiger partial charge in [-0.1, -0.05) is 0 Å².